The average molecular weight is 285 g/mol. The molecule has 1 aromatic rings. The highest BCUT2D eigenvalue weighted by Gasteiger charge is 2.34. The van der Waals surface area contributed by atoms with Crippen molar-refractivity contribution in [1.29, 1.82) is 0 Å². The normalized spacial score (nSPS) is 18.8. The van der Waals surface area contributed by atoms with Gasteiger partial charge in [0.25, 0.3) is 0 Å². The predicted molar refractivity (Wildman–Crippen MR) is 68.6 cm³/mol. The summed E-state index contributed by atoms with van der Waals surface area (Å²) in [7, 11) is 0. The highest BCUT2D eigenvalue weighted by molar-refractivity contribution is 5.70. The Morgan fingerprint density at radius 2 is 2.00 bits per heavy atom. The molecule has 0 aliphatic carbocycles. The van der Waals surface area contributed by atoms with Gasteiger partial charge in [0.15, 0.2) is 0 Å². The molecule has 110 valence electrons. The van der Waals surface area contributed by atoms with Gasteiger partial charge in [-0.2, -0.15) is 8.78 Å². The zero-order valence-corrected chi connectivity index (χ0v) is 11.4. The van der Waals surface area contributed by atoms with E-state index < -0.39 is 6.61 Å². The molecule has 2 rings (SSSR count). The van der Waals surface area contributed by atoms with Gasteiger partial charge in [-0.05, 0) is 23.6 Å². The Bertz CT molecular complexity index is 462. The van der Waals surface area contributed by atoms with Crippen molar-refractivity contribution in [3.63, 3.8) is 0 Å². The Labute approximate surface area is 116 Å². The molecule has 0 aromatic heterocycles. The molecule has 0 spiro atoms. The summed E-state index contributed by atoms with van der Waals surface area (Å²) in [6.07, 6.45) is -0.336. The lowest BCUT2D eigenvalue weighted by molar-refractivity contribution is -0.0498. The highest BCUT2D eigenvalue weighted by Crippen LogP contribution is 2.23. The van der Waals surface area contributed by atoms with Gasteiger partial charge >= 0.3 is 12.7 Å². The summed E-state index contributed by atoms with van der Waals surface area (Å²) < 4.78 is 33.4. The fraction of sp³-hybridized carbons (Fsp3) is 0.500. The molecule has 0 N–H and O–H groups in total. The first kappa shape index (κ1) is 14.6. The second kappa shape index (κ2) is 6.07. The van der Waals surface area contributed by atoms with Gasteiger partial charge in [-0.15, -0.1) is 0 Å². The predicted octanol–water partition coefficient (Wildman–Crippen LogP) is 3.26. The lowest BCUT2D eigenvalue weighted by Crippen LogP contribution is -2.36. The van der Waals surface area contributed by atoms with Crippen molar-refractivity contribution in [3.05, 3.63) is 29.8 Å². The number of hydrogen-bond donors (Lipinski definition) is 0. The minimum Gasteiger partial charge on any atom is -0.447 e. The topological polar surface area (TPSA) is 38.8 Å². The Hall–Kier alpha value is -1.85. The number of ether oxygens (including phenoxy) is 2. The van der Waals surface area contributed by atoms with E-state index in [2.05, 4.69) is 4.74 Å². The van der Waals surface area contributed by atoms with Crippen LogP contribution in [0.1, 0.15) is 19.4 Å². The van der Waals surface area contributed by atoms with Crippen molar-refractivity contribution in [2.75, 3.05) is 6.61 Å². The van der Waals surface area contributed by atoms with Crippen LogP contribution in [-0.2, 0) is 11.3 Å². The molecule has 1 amide bonds. The minimum absolute atomic E-state index is 0.0412. The van der Waals surface area contributed by atoms with Crippen molar-refractivity contribution >= 4 is 6.09 Å². The lowest BCUT2D eigenvalue weighted by atomic mass is 10.0. The molecular weight excluding hydrogens is 268 g/mol. The molecular formula is C14H17F2NO3. The van der Waals surface area contributed by atoms with Gasteiger partial charge < -0.3 is 9.47 Å². The number of alkyl halides is 2. The molecule has 1 aliphatic heterocycles. The van der Waals surface area contributed by atoms with E-state index in [-0.39, 0.29) is 17.9 Å². The van der Waals surface area contributed by atoms with Gasteiger partial charge in [-0.3, -0.25) is 4.90 Å². The number of hydrogen-bond acceptors (Lipinski definition) is 3. The zero-order chi connectivity index (χ0) is 14.7. The third-order valence-corrected chi connectivity index (χ3v) is 3.28. The monoisotopic (exact) mass is 285 g/mol. The van der Waals surface area contributed by atoms with Gasteiger partial charge in [0.1, 0.15) is 12.4 Å². The Kier molecular flexibility index (Phi) is 4.42. The third kappa shape index (κ3) is 3.37. The number of carbonyl (C=O) groups is 1. The maximum atomic E-state index is 12.0. The molecule has 1 fully saturated rings. The standard InChI is InChI=1S/C14H17F2NO3/c1-9(2)12-8-19-14(18)17(12)7-10-3-5-11(6-4-10)20-13(15)16/h3-6,9,12-13H,7-8H2,1-2H3/t12-/m1/s1. The van der Waals surface area contributed by atoms with Crippen molar-refractivity contribution < 1.29 is 23.0 Å². The largest absolute Gasteiger partial charge is 0.447 e. The van der Waals surface area contributed by atoms with Crippen LogP contribution in [0.5, 0.6) is 5.75 Å². The molecule has 1 saturated heterocycles. The SMILES string of the molecule is CC(C)[C@H]1COC(=O)N1Cc1ccc(OC(F)F)cc1. The van der Waals surface area contributed by atoms with Crippen LogP contribution in [0.3, 0.4) is 0 Å². The Balaban J connectivity index is 2.03. The number of rotatable bonds is 5. The molecule has 1 aromatic carbocycles. The highest BCUT2D eigenvalue weighted by atomic mass is 19.3. The van der Waals surface area contributed by atoms with Gasteiger partial charge in [-0.1, -0.05) is 26.0 Å². The van der Waals surface area contributed by atoms with E-state index in [4.69, 9.17) is 4.74 Å². The van der Waals surface area contributed by atoms with E-state index in [0.29, 0.717) is 19.1 Å². The zero-order valence-electron chi connectivity index (χ0n) is 11.4. The van der Waals surface area contributed by atoms with E-state index in [1.54, 1.807) is 17.0 Å². The molecule has 1 aliphatic rings. The van der Waals surface area contributed by atoms with Crippen LogP contribution >= 0.6 is 0 Å². The van der Waals surface area contributed by atoms with Crippen molar-refractivity contribution in [1.82, 2.24) is 4.90 Å². The van der Waals surface area contributed by atoms with E-state index in [1.165, 1.54) is 12.1 Å². The number of halogens is 2. The Morgan fingerprint density at radius 3 is 2.55 bits per heavy atom. The first-order valence-electron chi connectivity index (χ1n) is 6.44. The summed E-state index contributed by atoms with van der Waals surface area (Å²) >= 11 is 0. The number of benzene rings is 1. The molecule has 1 atom stereocenters. The van der Waals surface area contributed by atoms with Crippen LogP contribution in [-0.4, -0.2) is 30.3 Å². The van der Waals surface area contributed by atoms with Gasteiger partial charge in [0, 0.05) is 6.54 Å². The van der Waals surface area contributed by atoms with Crippen molar-refractivity contribution in [3.8, 4) is 5.75 Å². The second-order valence-electron chi connectivity index (χ2n) is 5.04. The van der Waals surface area contributed by atoms with Crippen molar-refractivity contribution in [2.45, 2.75) is 33.0 Å². The molecule has 0 bridgehead atoms. The summed E-state index contributed by atoms with van der Waals surface area (Å²) in [6, 6.07) is 6.31. The van der Waals surface area contributed by atoms with Crippen LogP contribution in [0, 0.1) is 5.92 Å². The van der Waals surface area contributed by atoms with Gasteiger partial charge in [0.05, 0.1) is 6.04 Å². The van der Waals surface area contributed by atoms with Crippen LogP contribution in [0.25, 0.3) is 0 Å². The second-order valence-corrected chi connectivity index (χ2v) is 5.04. The van der Waals surface area contributed by atoms with E-state index >= 15 is 0 Å². The summed E-state index contributed by atoms with van der Waals surface area (Å²) in [4.78, 5) is 13.3. The van der Waals surface area contributed by atoms with Crippen LogP contribution in [0.4, 0.5) is 13.6 Å². The summed E-state index contributed by atoms with van der Waals surface area (Å²) in [5, 5.41) is 0. The molecule has 1 heterocycles. The van der Waals surface area contributed by atoms with E-state index in [0.717, 1.165) is 5.56 Å². The maximum absolute atomic E-state index is 12.0. The first-order valence-corrected chi connectivity index (χ1v) is 6.44. The number of amides is 1. The van der Waals surface area contributed by atoms with Crippen molar-refractivity contribution in [2.24, 2.45) is 5.92 Å². The first-order chi connectivity index (χ1) is 9.47. The van der Waals surface area contributed by atoms with Crippen LogP contribution < -0.4 is 4.74 Å². The maximum Gasteiger partial charge on any atom is 0.410 e. The van der Waals surface area contributed by atoms with Gasteiger partial charge in [0.2, 0.25) is 0 Å². The molecule has 20 heavy (non-hydrogen) atoms. The quantitative estimate of drug-likeness (QED) is 0.833. The molecule has 0 radical (unpaired) electrons. The fourth-order valence-corrected chi connectivity index (χ4v) is 2.17. The van der Waals surface area contributed by atoms with E-state index in [9.17, 15) is 13.6 Å². The summed E-state index contributed by atoms with van der Waals surface area (Å²) in [5.41, 5.74) is 0.844. The Morgan fingerprint density at radius 1 is 1.35 bits per heavy atom. The average Bonchev–Trinajstić information content (AvgIpc) is 2.73. The molecule has 4 nitrogen and oxygen atoms in total. The minimum atomic E-state index is -2.83. The molecule has 6 heteroatoms. The lowest BCUT2D eigenvalue weighted by Gasteiger charge is -2.24. The van der Waals surface area contributed by atoms with Crippen LogP contribution in [0.15, 0.2) is 24.3 Å². The smallest absolute Gasteiger partial charge is 0.410 e. The van der Waals surface area contributed by atoms with Crippen LogP contribution in [0.2, 0.25) is 0 Å². The summed E-state index contributed by atoms with van der Waals surface area (Å²) in [6.45, 7) is 2.01. The fourth-order valence-electron chi connectivity index (χ4n) is 2.17. The molecule has 0 unspecified atom stereocenters. The summed E-state index contributed by atoms with van der Waals surface area (Å²) in [5.74, 6) is 0.399. The van der Waals surface area contributed by atoms with E-state index in [1.807, 2.05) is 13.8 Å². The number of cyclic esters (lactones) is 1. The molecule has 0 saturated carbocycles. The number of carbonyl (C=O) groups excluding carboxylic acids is 1. The van der Waals surface area contributed by atoms with Gasteiger partial charge in [-0.25, -0.2) is 4.79 Å². The number of nitrogens with zero attached hydrogens (tertiary/aromatic N) is 1. The third-order valence-electron chi connectivity index (χ3n) is 3.28.